The van der Waals surface area contributed by atoms with Crippen LogP contribution in [0.5, 0.6) is 5.75 Å². The quantitative estimate of drug-likeness (QED) is 0.568. The Labute approximate surface area is 186 Å². The third kappa shape index (κ3) is 4.13. The van der Waals surface area contributed by atoms with E-state index in [1.165, 1.54) is 17.1 Å². The number of para-hydroxylation sites is 1. The molecule has 0 amide bonds. The van der Waals surface area contributed by atoms with Crippen molar-refractivity contribution >= 4 is 27.2 Å². The van der Waals surface area contributed by atoms with Crippen LogP contribution in [0.1, 0.15) is 28.9 Å². The number of fused-ring (bicyclic) bond motifs is 1. The number of nitrogens with zero attached hydrogens (tertiary/aromatic N) is 2. The van der Waals surface area contributed by atoms with Gasteiger partial charge in [-0.15, -0.1) is 0 Å². The van der Waals surface area contributed by atoms with Gasteiger partial charge in [0.25, 0.3) is 0 Å². The van der Waals surface area contributed by atoms with E-state index in [2.05, 4.69) is 15.3 Å². The number of anilines is 2. The van der Waals surface area contributed by atoms with Gasteiger partial charge in [0.15, 0.2) is 5.78 Å². The largest absolute Gasteiger partial charge is 0.491 e. The molecule has 3 aromatic rings. The number of ketones is 1. The zero-order chi connectivity index (χ0) is 22.3. The number of hydrogen-bond donors (Lipinski definition) is 2. The van der Waals surface area contributed by atoms with E-state index in [1.807, 2.05) is 36.4 Å². The highest BCUT2D eigenvalue weighted by Gasteiger charge is 2.34. The normalized spacial score (nSPS) is 16.6. The van der Waals surface area contributed by atoms with E-state index in [1.54, 1.807) is 12.4 Å². The minimum absolute atomic E-state index is 0.104. The smallest absolute Gasteiger partial charge is 0.211 e. The summed E-state index contributed by atoms with van der Waals surface area (Å²) in [5.74, 6) is 0.945. The van der Waals surface area contributed by atoms with Crippen LogP contribution in [0, 0.1) is 5.92 Å². The molecule has 2 aliphatic rings. The van der Waals surface area contributed by atoms with Crippen LogP contribution in [0.4, 0.5) is 11.4 Å². The number of Topliss-reactive ketones (excluding diaryl/α,β-unsaturated/α-hetero) is 1. The molecule has 1 aliphatic carbocycles. The lowest BCUT2D eigenvalue weighted by Gasteiger charge is -2.24. The first kappa shape index (κ1) is 20.7. The first-order chi connectivity index (χ1) is 15.4. The topological polar surface area (TPSA) is 104 Å². The number of aromatic amines is 1. The van der Waals surface area contributed by atoms with E-state index >= 15 is 0 Å². The van der Waals surface area contributed by atoms with Crippen molar-refractivity contribution in [1.29, 1.82) is 0 Å². The second kappa shape index (κ2) is 8.07. The second-order valence-electron chi connectivity index (χ2n) is 8.30. The Morgan fingerprint density at radius 2 is 1.97 bits per heavy atom. The maximum Gasteiger partial charge on any atom is 0.211 e. The highest BCUT2D eigenvalue weighted by molar-refractivity contribution is 7.88. The molecule has 0 atom stereocenters. The molecule has 0 bridgehead atoms. The molecule has 1 saturated carbocycles. The summed E-state index contributed by atoms with van der Waals surface area (Å²) in [6.45, 7) is 0.544. The summed E-state index contributed by atoms with van der Waals surface area (Å²) >= 11 is 0. The average molecular weight is 453 g/mol. The van der Waals surface area contributed by atoms with Gasteiger partial charge in [0, 0.05) is 23.1 Å². The molecule has 1 aromatic carbocycles. The number of nitrogens with one attached hydrogen (secondary N) is 2. The number of rotatable bonds is 7. The van der Waals surface area contributed by atoms with Crippen LogP contribution < -0.4 is 10.1 Å². The number of hydrogen-bond acceptors (Lipinski definition) is 6. The van der Waals surface area contributed by atoms with Crippen LogP contribution in [-0.4, -0.2) is 47.9 Å². The first-order valence-corrected chi connectivity index (χ1v) is 12.4. The Balaban J connectivity index is 1.62. The monoisotopic (exact) mass is 452 g/mol. The molecule has 0 saturated heterocycles. The predicted octanol–water partition coefficient (Wildman–Crippen LogP) is 3.57. The van der Waals surface area contributed by atoms with Gasteiger partial charge in [-0.1, -0.05) is 18.2 Å². The average Bonchev–Trinajstić information content (AvgIpc) is 3.53. The van der Waals surface area contributed by atoms with Crippen LogP contribution in [0.25, 0.3) is 11.3 Å². The third-order valence-corrected chi connectivity index (χ3v) is 6.94. The van der Waals surface area contributed by atoms with Crippen molar-refractivity contribution in [3.8, 4) is 17.0 Å². The number of benzene rings is 1. The number of carbonyl (C=O) groups excluding carboxylic acids is 1. The molecule has 166 valence electrons. The number of ether oxygens (including phenoxy) is 1. The summed E-state index contributed by atoms with van der Waals surface area (Å²) in [6, 6.07) is 11.4. The van der Waals surface area contributed by atoms with Crippen molar-refractivity contribution in [2.24, 2.45) is 5.92 Å². The summed E-state index contributed by atoms with van der Waals surface area (Å²) < 4.78 is 31.5. The van der Waals surface area contributed by atoms with Crippen molar-refractivity contribution in [2.75, 3.05) is 24.7 Å². The minimum atomic E-state index is -3.51. The molecule has 0 spiro atoms. The van der Waals surface area contributed by atoms with Crippen molar-refractivity contribution in [2.45, 2.75) is 19.4 Å². The molecule has 5 rings (SSSR count). The molecule has 0 radical (unpaired) electrons. The maximum atomic E-state index is 13.1. The number of pyridine rings is 1. The Morgan fingerprint density at radius 1 is 1.19 bits per heavy atom. The summed E-state index contributed by atoms with van der Waals surface area (Å²) in [6.07, 6.45) is 6.81. The van der Waals surface area contributed by atoms with Crippen molar-refractivity contribution < 1.29 is 17.9 Å². The SMILES string of the molecule is CS(=O)(=O)N1CC(=O)c2c([nH]c(-c3ccncc3OCC3CC3)c2Nc2ccccc2)C1. The molecular weight excluding hydrogens is 428 g/mol. The summed E-state index contributed by atoms with van der Waals surface area (Å²) in [5.41, 5.74) is 3.93. The van der Waals surface area contributed by atoms with Crippen molar-refractivity contribution in [3.05, 3.63) is 60.0 Å². The highest BCUT2D eigenvalue weighted by atomic mass is 32.2. The highest BCUT2D eigenvalue weighted by Crippen LogP contribution is 2.41. The van der Waals surface area contributed by atoms with Gasteiger partial charge in [-0.25, -0.2) is 8.42 Å². The standard InChI is InChI=1S/C23H24N4O4S/c1-32(29,30)27-12-18-21(19(28)13-27)23(25-16-5-3-2-4-6-16)22(26-18)17-9-10-24-11-20(17)31-14-15-7-8-15/h2-6,9-11,15,25-26H,7-8,12-14H2,1H3. The fourth-order valence-corrected chi connectivity index (χ4v) is 4.59. The van der Waals surface area contributed by atoms with E-state index in [4.69, 9.17) is 4.74 Å². The fourth-order valence-electron chi connectivity index (χ4n) is 3.87. The molecular formula is C23H24N4O4S. The molecule has 1 fully saturated rings. The predicted molar refractivity (Wildman–Crippen MR) is 122 cm³/mol. The van der Waals surface area contributed by atoms with Gasteiger partial charge < -0.3 is 15.0 Å². The van der Waals surface area contributed by atoms with Gasteiger partial charge in [0.05, 0.1) is 49.1 Å². The molecule has 32 heavy (non-hydrogen) atoms. The molecule has 2 N–H and O–H groups in total. The van der Waals surface area contributed by atoms with E-state index in [0.29, 0.717) is 40.9 Å². The minimum Gasteiger partial charge on any atom is -0.491 e. The van der Waals surface area contributed by atoms with E-state index < -0.39 is 10.0 Å². The van der Waals surface area contributed by atoms with Gasteiger partial charge in [-0.2, -0.15) is 4.31 Å². The zero-order valence-corrected chi connectivity index (χ0v) is 18.5. The van der Waals surface area contributed by atoms with Gasteiger partial charge in [0.1, 0.15) is 5.75 Å². The second-order valence-corrected chi connectivity index (χ2v) is 10.3. The summed E-state index contributed by atoms with van der Waals surface area (Å²) in [5, 5.41) is 3.37. The Hall–Kier alpha value is -3.17. The van der Waals surface area contributed by atoms with Gasteiger partial charge >= 0.3 is 0 Å². The summed E-state index contributed by atoms with van der Waals surface area (Å²) in [4.78, 5) is 20.6. The van der Waals surface area contributed by atoms with Crippen LogP contribution >= 0.6 is 0 Å². The van der Waals surface area contributed by atoms with Crippen LogP contribution in [0.15, 0.2) is 48.8 Å². The summed E-state index contributed by atoms with van der Waals surface area (Å²) in [7, 11) is -3.51. The molecule has 1 aliphatic heterocycles. The number of carbonyl (C=O) groups is 1. The van der Waals surface area contributed by atoms with Gasteiger partial charge in [-0.3, -0.25) is 9.78 Å². The van der Waals surface area contributed by atoms with E-state index in [0.717, 1.165) is 17.5 Å². The van der Waals surface area contributed by atoms with Crippen molar-refractivity contribution in [3.63, 3.8) is 0 Å². The first-order valence-electron chi connectivity index (χ1n) is 10.5. The lowest BCUT2D eigenvalue weighted by Crippen LogP contribution is -2.38. The lowest BCUT2D eigenvalue weighted by atomic mass is 10.0. The maximum absolute atomic E-state index is 13.1. The fraction of sp³-hybridized carbons (Fsp3) is 0.304. The lowest BCUT2D eigenvalue weighted by molar-refractivity contribution is 0.0950. The molecule has 2 aromatic heterocycles. The van der Waals surface area contributed by atoms with Crippen molar-refractivity contribution in [1.82, 2.24) is 14.3 Å². The Kier molecular flexibility index (Phi) is 5.22. The molecule has 8 nitrogen and oxygen atoms in total. The van der Waals surface area contributed by atoms with Gasteiger partial charge in [0.2, 0.25) is 10.0 Å². The Morgan fingerprint density at radius 3 is 2.69 bits per heavy atom. The number of sulfonamides is 1. The zero-order valence-electron chi connectivity index (χ0n) is 17.7. The van der Waals surface area contributed by atoms with Crippen LogP contribution in [0.3, 0.4) is 0 Å². The van der Waals surface area contributed by atoms with E-state index in [9.17, 15) is 13.2 Å². The molecule has 3 heterocycles. The van der Waals surface area contributed by atoms with Gasteiger partial charge in [-0.05, 0) is 37.0 Å². The number of aromatic nitrogens is 2. The van der Waals surface area contributed by atoms with E-state index in [-0.39, 0.29) is 18.9 Å². The Bertz CT molecular complexity index is 1270. The third-order valence-electron chi connectivity index (χ3n) is 5.75. The van der Waals surface area contributed by atoms with Crippen LogP contribution in [-0.2, 0) is 16.6 Å². The molecule has 9 heteroatoms. The number of H-pyrrole nitrogens is 1. The molecule has 0 unspecified atom stereocenters. The van der Waals surface area contributed by atoms with Crippen LogP contribution in [0.2, 0.25) is 0 Å².